The molecule has 0 atom stereocenters. The number of sulfonamides is 1. The number of hydrogen-bond donors (Lipinski definition) is 1. The standard InChI is InChI=1S/C12H11ClN2O3S/c1-9-2-5-11(18-9)8-14-15-19(16,17)12-6-3-10(13)4-7-12/h2-8,15H,1H3/b14-8-. The molecule has 0 spiro atoms. The molecule has 0 fully saturated rings. The van der Waals surface area contributed by atoms with Gasteiger partial charge in [0.25, 0.3) is 10.0 Å². The maximum atomic E-state index is 11.8. The molecule has 0 bridgehead atoms. The van der Waals surface area contributed by atoms with Crippen LogP contribution in [0.15, 0.2) is 50.8 Å². The Kier molecular flexibility index (Phi) is 3.92. The Morgan fingerprint density at radius 2 is 1.89 bits per heavy atom. The van der Waals surface area contributed by atoms with Crippen LogP contribution in [-0.2, 0) is 10.0 Å². The second-order valence-electron chi connectivity index (χ2n) is 3.76. The average Bonchev–Trinajstić information content (AvgIpc) is 2.75. The molecule has 2 rings (SSSR count). The molecule has 0 unspecified atom stereocenters. The van der Waals surface area contributed by atoms with Crippen LogP contribution in [0.3, 0.4) is 0 Å². The topological polar surface area (TPSA) is 71.7 Å². The maximum absolute atomic E-state index is 11.8. The monoisotopic (exact) mass is 298 g/mol. The molecule has 0 saturated heterocycles. The molecule has 5 nitrogen and oxygen atoms in total. The van der Waals surface area contributed by atoms with E-state index in [4.69, 9.17) is 16.0 Å². The van der Waals surface area contributed by atoms with Gasteiger partial charge in [0.1, 0.15) is 11.5 Å². The van der Waals surface area contributed by atoms with Gasteiger partial charge in [0.15, 0.2) is 0 Å². The Bertz CT molecular complexity index is 690. The predicted octanol–water partition coefficient (Wildman–Crippen LogP) is 2.55. The van der Waals surface area contributed by atoms with Gasteiger partial charge in [0.05, 0.1) is 11.1 Å². The van der Waals surface area contributed by atoms with E-state index in [9.17, 15) is 8.42 Å². The average molecular weight is 299 g/mol. The number of furan rings is 1. The minimum absolute atomic E-state index is 0.0877. The highest BCUT2D eigenvalue weighted by atomic mass is 35.5. The first kappa shape index (κ1) is 13.6. The highest BCUT2D eigenvalue weighted by Gasteiger charge is 2.11. The van der Waals surface area contributed by atoms with Crippen LogP contribution in [0.4, 0.5) is 0 Å². The van der Waals surface area contributed by atoms with Gasteiger partial charge >= 0.3 is 0 Å². The SMILES string of the molecule is Cc1ccc(/C=N\NS(=O)(=O)c2ccc(Cl)cc2)o1. The van der Waals surface area contributed by atoms with Crippen LogP contribution in [0, 0.1) is 6.92 Å². The molecule has 100 valence electrons. The number of benzene rings is 1. The van der Waals surface area contributed by atoms with Crippen LogP contribution in [0.1, 0.15) is 11.5 Å². The van der Waals surface area contributed by atoms with Crippen molar-refractivity contribution in [1.29, 1.82) is 0 Å². The summed E-state index contributed by atoms with van der Waals surface area (Å²) in [6.45, 7) is 1.79. The number of hydrogen-bond acceptors (Lipinski definition) is 4. The quantitative estimate of drug-likeness (QED) is 0.696. The van der Waals surface area contributed by atoms with Crippen molar-refractivity contribution in [1.82, 2.24) is 4.83 Å². The van der Waals surface area contributed by atoms with E-state index in [-0.39, 0.29) is 4.90 Å². The molecular formula is C12H11ClN2O3S. The summed E-state index contributed by atoms with van der Waals surface area (Å²) in [6.07, 6.45) is 1.29. The number of hydrazone groups is 1. The number of nitrogens with one attached hydrogen (secondary N) is 1. The van der Waals surface area contributed by atoms with Gasteiger partial charge in [-0.1, -0.05) is 11.6 Å². The third-order valence-corrected chi connectivity index (χ3v) is 3.74. The zero-order valence-electron chi connectivity index (χ0n) is 10.00. The first-order valence-corrected chi connectivity index (χ1v) is 7.20. The zero-order chi connectivity index (χ0) is 13.9. The minimum Gasteiger partial charge on any atom is -0.460 e. The fourth-order valence-corrected chi connectivity index (χ4v) is 2.27. The van der Waals surface area contributed by atoms with Crippen LogP contribution in [-0.4, -0.2) is 14.6 Å². The van der Waals surface area contributed by atoms with E-state index in [0.29, 0.717) is 10.8 Å². The van der Waals surface area contributed by atoms with E-state index in [2.05, 4.69) is 9.93 Å². The predicted molar refractivity (Wildman–Crippen MR) is 72.8 cm³/mol. The first-order valence-electron chi connectivity index (χ1n) is 5.34. The number of rotatable bonds is 4. The van der Waals surface area contributed by atoms with E-state index >= 15 is 0 Å². The minimum atomic E-state index is -3.69. The van der Waals surface area contributed by atoms with Crippen LogP contribution in [0.25, 0.3) is 0 Å². The van der Waals surface area contributed by atoms with Gasteiger partial charge in [-0.05, 0) is 43.3 Å². The van der Waals surface area contributed by atoms with E-state index in [1.165, 1.54) is 30.5 Å². The summed E-state index contributed by atoms with van der Waals surface area (Å²) in [5, 5.41) is 4.10. The highest BCUT2D eigenvalue weighted by molar-refractivity contribution is 7.89. The van der Waals surface area contributed by atoms with Gasteiger partial charge in [-0.3, -0.25) is 0 Å². The first-order chi connectivity index (χ1) is 8.97. The summed E-state index contributed by atoms with van der Waals surface area (Å²) in [7, 11) is -3.69. The van der Waals surface area contributed by atoms with Crippen LogP contribution in [0.2, 0.25) is 5.02 Å². The molecule has 1 aromatic carbocycles. The van der Waals surface area contributed by atoms with Gasteiger partial charge in [-0.2, -0.15) is 18.4 Å². The van der Waals surface area contributed by atoms with E-state index in [1.807, 2.05) is 0 Å². The smallest absolute Gasteiger partial charge is 0.276 e. The van der Waals surface area contributed by atoms with Gasteiger partial charge in [0.2, 0.25) is 0 Å². The Morgan fingerprint density at radius 1 is 1.21 bits per heavy atom. The summed E-state index contributed by atoms with van der Waals surface area (Å²) in [4.78, 5) is 2.18. The number of halogens is 1. The van der Waals surface area contributed by atoms with Crippen molar-refractivity contribution in [2.75, 3.05) is 0 Å². The van der Waals surface area contributed by atoms with Crippen molar-refractivity contribution in [3.63, 3.8) is 0 Å². The zero-order valence-corrected chi connectivity index (χ0v) is 11.6. The third kappa shape index (κ3) is 3.59. The second-order valence-corrected chi connectivity index (χ2v) is 5.85. The largest absolute Gasteiger partial charge is 0.460 e. The lowest BCUT2D eigenvalue weighted by Crippen LogP contribution is -2.18. The van der Waals surface area contributed by atoms with E-state index in [0.717, 1.165) is 5.76 Å². The van der Waals surface area contributed by atoms with Gasteiger partial charge in [0, 0.05) is 5.02 Å². The summed E-state index contributed by atoms with van der Waals surface area (Å²) in [5.41, 5.74) is 0. The van der Waals surface area contributed by atoms with Gasteiger partial charge in [-0.25, -0.2) is 0 Å². The maximum Gasteiger partial charge on any atom is 0.276 e. The lowest BCUT2D eigenvalue weighted by Gasteiger charge is -2.02. The molecule has 0 amide bonds. The van der Waals surface area contributed by atoms with Crippen molar-refractivity contribution in [3.05, 3.63) is 52.9 Å². The van der Waals surface area contributed by atoms with Crippen LogP contribution < -0.4 is 4.83 Å². The van der Waals surface area contributed by atoms with Gasteiger partial charge in [-0.15, -0.1) is 0 Å². The molecule has 1 N–H and O–H groups in total. The summed E-state index contributed by atoms with van der Waals surface area (Å²) in [6, 6.07) is 9.24. The molecule has 2 aromatic rings. The lowest BCUT2D eigenvalue weighted by atomic mass is 10.4. The third-order valence-electron chi connectivity index (χ3n) is 2.25. The molecule has 0 radical (unpaired) electrons. The molecule has 19 heavy (non-hydrogen) atoms. The Labute approximate surface area is 115 Å². The Balaban J connectivity index is 2.09. The summed E-state index contributed by atoms with van der Waals surface area (Å²) in [5.74, 6) is 1.19. The molecule has 1 heterocycles. The van der Waals surface area contributed by atoms with Gasteiger partial charge < -0.3 is 4.42 Å². The van der Waals surface area contributed by atoms with Crippen molar-refractivity contribution in [3.8, 4) is 0 Å². The van der Waals surface area contributed by atoms with Crippen LogP contribution >= 0.6 is 11.6 Å². The van der Waals surface area contributed by atoms with E-state index in [1.54, 1.807) is 19.1 Å². The van der Waals surface area contributed by atoms with Crippen LogP contribution in [0.5, 0.6) is 0 Å². The molecule has 0 aliphatic rings. The normalized spacial score (nSPS) is 11.9. The van der Waals surface area contributed by atoms with Crippen molar-refractivity contribution < 1.29 is 12.8 Å². The Hall–Kier alpha value is -1.79. The highest BCUT2D eigenvalue weighted by Crippen LogP contribution is 2.13. The summed E-state index contributed by atoms with van der Waals surface area (Å²) >= 11 is 5.69. The molecule has 0 aliphatic heterocycles. The summed E-state index contributed by atoms with van der Waals surface area (Å²) < 4.78 is 28.9. The van der Waals surface area contributed by atoms with Crippen molar-refractivity contribution in [2.45, 2.75) is 11.8 Å². The number of aryl methyl sites for hydroxylation is 1. The molecule has 0 saturated carbocycles. The van der Waals surface area contributed by atoms with Crippen molar-refractivity contribution >= 4 is 27.8 Å². The molecule has 0 aliphatic carbocycles. The molecular weight excluding hydrogens is 288 g/mol. The lowest BCUT2D eigenvalue weighted by molar-refractivity contribution is 0.527. The fraction of sp³-hybridized carbons (Fsp3) is 0.0833. The Morgan fingerprint density at radius 3 is 2.47 bits per heavy atom. The van der Waals surface area contributed by atoms with Crippen molar-refractivity contribution in [2.24, 2.45) is 5.10 Å². The molecule has 1 aromatic heterocycles. The van der Waals surface area contributed by atoms with E-state index < -0.39 is 10.0 Å². The number of nitrogens with zero attached hydrogens (tertiary/aromatic N) is 1. The molecule has 7 heteroatoms. The fourth-order valence-electron chi connectivity index (χ4n) is 1.35. The second kappa shape index (κ2) is 5.46.